The highest BCUT2D eigenvalue weighted by Gasteiger charge is 2.47. The fourth-order valence-electron chi connectivity index (χ4n) is 4.04. The van der Waals surface area contributed by atoms with Gasteiger partial charge in [-0.25, -0.2) is 31.9 Å². The molecule has 1 aromatic carbocycles. The van der Waals surface area contributed by atoms with Crippen LogP contribution in [0.25, 0.3) is 11.1 Å². The molecule has 1 N–H and O–H groups in total. The summed E-state index contributed by atoms with van der Waals surface area (Å²) in [5.41, 5.74) is -3.07. The van der Waals surface area contributed by atoms with Crippen molar-refractivity contribution in [3.63, 3.8) is 0 Å². The van der Waals surface area contributed by atoms with Crippen molar-refractivity contribution < 1.29 is 26.7 Å². The molecular weight excluding hydrogens is 467 g/mol. The molecule has 4 rings (SSSR count). The maximum atomic E-state index is 16.0. The van der Waals surface area contributed by atoms with Gasteiger partial charge < -0.3 is 5.32 Å². The van der Waals surface area contributed by atoms with Gasteiger partial charge in [0.15, 0.2) is 5.67 Å². The topological polar surface area (TPSA) is 67.8 Å². The lowest BCUT2D eigenvalue weighted by Crippen LogP contribution is -2.35. The van der Waals surface area contributed by atoms with Crippen molar-refractivity contribution in [1.82, 2.24) is 15.0 Å². The number of carbonyl (C=O) groups is 1. The maximum Gasteiger partial charge on any atom is 0.258 e. The van der Waals surface area contributed by atoms with Crippen molar-refractivity contribution in [3.8, 4) is 11.1 Å². The number of alkyl halides is 3. The Morgan fingerprint density at radius 2 is 1.60 bits per heavy atom. The van der Waals surface area contributed by atoms with E-state index in [9.17, 15) is 22.4 Å². The van der Waals surface area contributed by atoms with Crippen molar-refractivity contribution >= 4 is 11.6 Å². The second-order valence-corrected chi connectivity index (χ2v) is 8.97. The summed E-state index contributed by atoms with van der Waals surface area (Å²) in [6, 6.07) is 4.04. The third kappa shape index (κ3) is 5.16. The van der Waals surface area contributed by atoms with Crippen molar-refractivity contribution in [3.05, 3.63) is 71.6 Å². The predicted octanol–water partition coefficient (Wildman–Crippen LogP) is 6.57. The molecule has 10 heteroatoms. The van der Waals surface area contributed by atoms with E-state index in [1.54, 1.807) is 0 Å². The third-order valence-electron chi connectivity index (χ3n) is 6.06. The lowest BCUT2D eigenvalue weighted by atomic mass is 9.80. The monoisotopic (exact) mass is 490 g/mol. The van der Waals surface area contributed by atoms with Crippen LogP contribution in [-0.4, -0.2) is 26.8 Å². The van der Waals surface area contributed by atoms with Crippen molar-refractivity contribution in [2.45, 2.75) is 57.0 Å². The summed E-state index contributed by atoms with van der Waals surface area (Å²) >= 11 is 0. The van der Waals surface area contributed by atoms with Crippen molar-refractivity contribution in [2.24, 2.45) is 0 Å². The molecule has 0 saturated heterocycles. The number of hydrogen-bond acceptors (Lipinski definition) is 4. The Kier molecular flexibility index (Phi) is 6.57. The molecule has 0 bridgehead atoms. The van der Waals surface area contributed by atoms with Gasteiger partial charge in [-0.2, -0.15) is 0 Å². The van der Waals surface area contributed by atoms with Gasteiger partial charge in [-0.15, -0.1) is 0 Å². The summed E-state index contributed by atoms with van der Waals surface area (Å²) in [6.07, 6.45) is 1.27. The van der Waals surface area contributed by atoms with E-state index in [4.69, 9.17) is 0 Å². The molecule has 0 aliphatic heterocycles. The van der Waals surface area contributed by atoms with Gasteiger partial charge in [0, 0.05) is 48.5 Å². The van der Waals surface area contributed by atoms with Crippen LogP contribution < -0.4 is 5.32 Å². The number of anilines is 1. The maximum absolute atomic E-state index is 16.0. The first-order chi connectivity index (χ1) is 16.5. The molecule has 184 valence electrons. The largest absolute Gasteiger partial charge is 0.320 e. The van der Waals surface area contributed by atoms with Crippen molar-refractivity contribution in [2.75, 3.05) is 5.32 Å². The lowest BCUT2D eigenvalue weighted by molar-refractivity contribution is -0.0783. The van der Waals surface area contributed by atoms with Gasteiger partial charge in [0.25, 0.3) is 5.91 Å². The number of benzene rings is 1. The van der Waals surface area contributed by atoms with Crippen LogP contribution in [0.1, 0.15) is 67.3 Å². The van der Waals surface area contributed by atoms with Crippen molar-refractivity contribution in [1.29, 1.82) is 0 Å². The SMILES string of the molecule is CC(C)c1ncc(C(=O)Nc2c(-c3cc(F)ccc3F)ccnc2C2(F)CCC(F)(F)CC2)cn1. The Hall–Kier alpha value is -3.43. The number of aromatic nitrogens is 3. The molecule has 0 atom stereocenters. The third-order valence-corrected chi connectivity index (χ3v) is 6.06. The number of nitrogens with zero attached hydrogens (tertiary/aromatic N) is 3. The minimum absolute atomic E-state index is 0.0235. The molecule has 1 saturated carbocycles. The van der Waals surface area contributed by atoms with Crippen LogP contribution in [0, 0.1) is 11.6 Å². The lowest BCUT2D eigenvalue weighted by Gasteiger charge is -2.34. The molecule has 1 aliphatic rings. The molecule has 3 aromatic rings. The Morgan fingerprint density at radius 1 is 0.943 bits per heavy atom. The molecule has 2 heterocycles. The number of hydrogen-bond donors (Lipinski definition) is 1. The van der Waals surface area contributed by atoms with E-state index in [1.807, 2.05) is 13.8 Å². The Balaban J connectivity index is 1.81. The van der Waals surface area contributed by atoms with E-state index in [0.29, 0.717) is 5.82 Å². The summed E-state index contributed by atoms with van der Waals surface area (Å²) in [7, 11) is 0. The second-order valence-electron chi connectivity index (χ2n) is 8.97. The molecule has 2 aromatic heterocycles. The van der Waals surface area contributed by atoms with E-state index in [-0.39, 0.29) is 34.0 Å². The summed E-state index contributed by atoms with van der Waals surface area (Å²) in [5.74, 6) is -4.78. The van der Waals surface area contributed by atoms with Gasteiger partial charge in [-0.3, -0.25) is 9.78 Å². The fourth-order valence-corrected chi connectivity index (χ4v) is 4.04. The predicted molar refractivity (Wildman–Crippen MR) is 120 cm³/mol. The highest BCUT2D eigenvalue weighted by molar-refractivity contribution is 6.06. The van der Waals surface area contributed by atoms with E-state index in [2.05, 4.69) is 20.3 Å². The van der Waals surface area contributed by atoms with Gasteiger partial charge in [-0.05, 0) is 37.1 Å². The zero-order valence-corrected chi connectivity index (χ0v) is 19.1. The number of halogens is 5. The quantitative estimate of drug-likeness (QED) is 0.411. The van der Waals surface area contributed by atoms with Gasteiger partial charge in [0.1, 0.15) is 23.2 Å². The summed E-state index contributed by atoms with van der Waals surface area (Å²) in [5, 5.41) is 2.53. The highest BCUT2D eigenvalue weighted by Crippen LogP contribution is 2.49. The van der Waals surface area contributed by atoms with Crippen LogP contribution in [0.5, 0.6) is 0 Å². The fraction of sp³-hybridized carbons (Fsp3) is 0.360. The van der Waals surface area contributed by atoms with Gasteiger partial charge in [-0.1, -0.05) is 13.8 Å². The standard InChI is InChI=1S/C25H23F5N4O/c1-14(2)22-32-12-15(13-33-22)23(35)34-20-17(18-11-16(26)3-4-19(18)27)5-10-31-21(20)24(28)6-8-25(29,30)9-7-24/h3-5,10-14H,6-9H2,1-2H3,(H,34,35). The van der Waals surface area contributed by atoms with Gasteiger partial charge >= 0.3 is 0 Å². The molecule has 1 fully saturated rings. The van der Waals surface area contributed by atoms with E-state index in [1.165, 1.54) is 24.7 Å². The van der Waals surface area contributed by atoms with E-state index in [0.717, 1.165) is 18.2 Å². The number of amides is 1. The Labute approximate surface area is 198 Å². The van der Waals surface area contributed by atoms with E-state index < -0.39 is 54.8 Å². The van der Waals surface area contributed by atoms with Crippen LogP contribution in [-0.2, 0) is 5.67 Å². The number of rotatable bonds is 5. The number of nitrogens with one attached hydrogen (secondary N) is 1. The first-order valence-corrected chi connectivity index (χ1v) is 11.1. The minimum atomic E-state index is -3.01. The van der Waals surface area contributed by atoms with Crippen LogP contribution in [0.15, 0.2) is 42.9 Å². The Morgan fingerprint density at radius 3 is 2.23 bits per heavy atom. The van der Waals surface area contributed by atoms with Crippen LogP contribution in [0.2, 0.25) is 0 Å². The summed E-state index contributed by atoms with van der Waals surface area (Å²) < 4.78 is 72.2. The van der Waals surface area contributed by atoms with Crippen LogP contribution in [0.3, 0.4) is 0 Å². The normalized spacial score (nSPS) is 16.8. The first-order valence-electron chi connectivity index (χ1n) is 11.1. The zero-order chi connectivity index (χ0) is 25.4. The van der Waals surface area contributed by atoms with E-state index >= 15 is 4.39 Å². The number of pyridine rings is 1. The van der Waals surface area contributed by atoms with Gasteiger partial charge in [0.05, 0.1) is 11.3 Å². The molecule has 1 amide bonds. The summed E-state index contributed by atoms with van der Waals surface area (Å²) in [4.78, 5) is 25.4. The molecule has 0 radical (unpaired) electrons. The molecular formula is C25H23F5N4O. The smallest absolute Gasteiger partial charge is 0.258 e. The highest BCUT2D eigenvalue weighted by atomic mass is 19.3. The van der Waals surface area contributed by atoms with Crippen LogP contribution in [0.4, 0.5) is 27.6 Å². The van der Waals surface area contributed by atoms with Gasteiger partial charge in [0.2, 0.25) is 5.92 Å². The average Bonchev–Trinajstić information content (AvgIpc) is 2.83. The van der Waals surface area contributed by atoms with Crippen LogP contribution >= 0.6 is 0 Å². The number of carbonyl (C=O) groups excluding carboxylic acids is 1. The molecule has 5 nitrogen and oxygen atoms in total. The Bertz CT molecular complexity index is 1240. The second kappa shape index (κ2) is 9.31. The molecule has 1 aliphatic carbocycles. The summed E-state index contributed by atoms with van der Waals surface area (Å²) in [6.45, 7) is 3.76. The molecule has 0 unspecified atom stereocenters. The zero-order valence-electron chi connectivity index (χ0n) is 19.1. The average molecular weight is 490 g/mol. The molecule has 0 spiro atoms. The molecule has 35 heavy (non-hydrogen) atoms. The minimum Gasteiger partial charge on any atom is -0.320 e. The first kappa shape index (κ1) is 24.7.